The molecule has 1 fully saturated rings. The van der Waals surface area contributed by atoms with Gasteiger partial charge in [-0.1, -0.05) is 24.6 Å². The highest BCUT2D eigenvalue weighted by molar-refractivity contribution is 6.31. The molecule has 3 nitrogen and oxygen atoms in total. The predicted octanol–water partition coefficient (Wildman–Crippen LogP) is 3.63. The molecule has 112 valence electrons. The van der Waals surface area contributed by atoms with Gasteiger partial charge in [-0.05, 0) is 45.0 Å². The molecule has 1 saturated heterocycles. The third kappa shape index (κ3) is 3.66. The summed E-state index contributed by atoms with van der Waals surface area (Å²) in [6.07, 6.45) is 0. The van der Waals surface area contributed by atoms with E-state index in [1.54, 1.807) is 0 Å². The second kappa shape index (κ2) is 6.33. The average Bonchev–Trinajstić information content (AvgIpc) is 2.37. The van der Waals surface area contributed by atoms with E-state index in [2.05, 4.69) is 56.1 Å². The summed E-state index contributed by atoms with van der Waals surface area (Å²) < 4.78 is 5.76. The van der Waals surface area contributed by atoms with Crippen LogP contribution in [0.2, 0.25) is 5.02 Å². The van der Waals surface area contributed by atoms with Crippen molar-refractivity contribution >= 4 is 17.3 Å². The van der Waals surface area contributed by atoms with Gasteiger partial charge < -0.3 is 15.0 Å². The van der Waals surface area contributed by atoms with Gasteiger partial charge in [0.25, 0.3) is 0 Å². The summed E-state index contributed by atoms with van der Waals surface area (Å²) in [4.78, 5) is 2.34. The Kier molecular flexibility index (Phi) is 4.95. The van der Waals surface area contributed by atoms with Crippen LogP contribution in [0.3, 0.4) is 0 Å². The van der Waals surface area contributed by atoms with Gasteiger partial charge in [0.2, 0.25) is 0 Å². The number of benzene rings is 1. The first kappa shape index (κ1) is 15.6. The van der Waals surface area contributed by atoms with Gasteiger partial charge in [-0.2, -0.15) is 0 Å². The molecule has 1 N–H and O–H groups in total. The number of ether oxygens (including phenoxy) is 1. The minimum Gasteiger partial charge on any atom is -0.372 e. The Labute approximate surface area is 127 Å². The molecule has 4 heteroatoms. The summed E-state index contributed by atoms with van der Waals surface area (Å²) in [6, 6.07) is 6.65. The van der Waals surface area contributed by atoms with Crippen molar-refractivity contribution in [2.45, 2.75) is 39.3 Å². The topological polar surface area (TPSA) is 24.5 Å². The lowest BCUT2D eigenvalue weighted by molar-refractivity contribution is -0.0276. The third-order valence-corrected chi connectivity index (χ3v) is 4.08. The van der Waals surface area contributed by atoms with Gasteiger partial charge in [-0.25, -0.2) is 0 Å². The van der Waals surface area contributed by atoms with Gasteiger partial charge in [0, 0.05) is 29.8 Å². The van der Waals surface area contributed by atoms with Crippen LogP contribution in [0, 0.1) is 0 Å². The summed E-state index contributed by atoms with van der Waals surface area (Å²) in [5.41, 5.74) is 2.24. The van der Waals surface area contributed by atoms with Gasteiger partial charge in [-0.15, -0.1) is 0 Å². The number of hydrogen-bond acceptors (Lipinski definition) is 3. The van der Waals surface area contributed by atoms with Crippen molar-refractivity contribution in [3.05, 3.63) is 28.8 Å². The van der Waals surface area contributed by atoms with Crippen LogP contribution in [0.5, 0.6) is 0 Å². The Balaban J connectivity index is 2.16. The minimum atomic E-state index is -0.0968. The number of hydrogen-bond donors (Lipinski definition) is 1. The first-order chi connectivity index (χ1) is 9.43. The largest absolute Gasteiger partial charge is 0.372 e. The van der Waals surface area contributed by atoms with Crippen LogP contribution >= 0.6 is 11.6 Å². The molecule has 1 atom stereocenters. The van der Waals surface area contributed by atoms with E-state index in [0.717, 1.165) is 36.8 Å². The van der Waals surface area contributed by atoms with Gasteiger partial charge >= 0.3 is 0 Å². The fourth-order valence-electron chi connectivity index (χ4n) is 2.72. The number of morpholine rings is 1. The molecule has 1 heterocycles. The quantitative estimate of drug-likeness (QED) is 0.918. The molecule has 0 spiro atoms. The highest BCUT2D eigenvalue weighted by Gasteiger charge is 2.27. The molecular weight excluding hydrogens is 272 g/mol. The van der Waals surface area contributed by atoms with Crippen LogP contribution in [0.15, 0.2) is 18.2 Å². The first-order valence-electron chi connectivity index (χ1n) is 7.34. The molecule has 1 unspecified atom stereocenters. The van der Waals surface area contributed by atoms with E-state index in [-0.39, 0.29) is 11.6 Å². The number of rotatable bonds is 4. The van der Waals surface area contributed by atoms with E-state index in [1.807, 2.05) is 0 Å². The average molecular weight is 297 g/mol. The molecule has 0 amide bonds. The second-order valence-electron chi connectivity index (χ2n) is 6.01. The standard InChI is InChI=1S/C16H25ClN2O/c1-5-18-12(2)14-7-6-13(10-15(14)17)19-8-9-20-16(3,4)11-19/h6-7,10,12,18H,5,8-9,11H2,1-4H3. The summed E-state index contributed by atoms with van der Waals surface area (Å²) >= 11 is 6.45. The Hall–Kier alpha value is -0.770. The summed E-state index contributed by atoms with van der Waals surface area (Å²) in [5, 5.41) is 4.23. The molecular formula is C16H25ClN2O. The molecule has 0 aromatic heterocycles. The maximum atomic E-state index is 6.45. The molecule has 0 bridgehead atoms. The van der Waals surface area contributed by atoms with Gasteiger partial charge in [0.15, 0.2) is 0 Å². The number of anilines is 1. The van der Waals surface area contributed by atoms with Crippen LogP contribution < -0.4 is 10.2 Å². The molecule has 1 aliphatic rings. The SMILES string of the molecule is CCNC(C)c1ccc(N2CCOC(C)(C)C2)cc1Cl. The smallest absolute Gasteiger partial charge is 0.0801 e. The number of halogens is 1. The summed E-state index contributed by atoms with van der Waals surface area (Å²) in [7, 11) is 0. The first-order valence-corrected chi connectivity index (χ1v) is 7.72. The summed E-state index contributed by atoms with van der Waals surface area (Å²) in [6.45, 7) is 12.0. The van der Waals surface area contributed by atoms with E-state index >= 15 is 0 Å². The number of nitrogens with zero attached hydrogens (tertiary/aromatic N) is 1. The van der Waals surface area contributed by atoms with Crippen molar-refractivity contribution in [3.8, 4) is 0 Å². The second-order valence-corrected chi connectivity index (χ2v) is 6.42. The zero-order valence-electron chi connectivity index (χ0n) is 12.9. The van der Waals surface area contributed by atoms with Crippen molar-refractivity contribution < 1.29 is 4.74 Å². The van der Waals surface area contributed by atoms with E-state index < -0.39 is 0 Å². The lowest BCUT2D eigenvalue weighted by atomic mass is 10.0. The molecule has 1 aromatic carbocycles. The van der Waals surface area contributed by atoms with Crippen molar-refractivity contribution in [2.75, 3.05) is 31.1 Å². The van der Waals surface area contributed by atoms with E-state index in [1.165, 1.54) is 5.69 Å². The number of nitrogens with one attached hydrogen (secondary N) is 1. The van der Waals surface area contributed by atoms with Crippen molar-refractivity contribution in [2.24, 2.45) is 0 Å². The van der Waals surface area contributed by atoms with Crippen molar-refractivity contribution in [3.63, 3.8) is 0 Å². The van der Waals surface area contributed by atoms with Crippen molar-refractivity contribution in [1.82, 2.24) is 5.32 Å². The fraction of sp³-hybridized carbons (Fsp3) is 0.625. The lowest BCUT2D eigenvalue weighted by Crippen LogP contribution is -2.48. The highest BCUT2D eigenvalue weighted by Crippen LogP contribution is 2.30. The van der Waals surface area contributed by atoms with Crippen LogP contribution in [-0.2, 0) is 4.74 Å². The Morgan fingerprint density at radius 1 is 1.45 bits per heavy atom. The molecule has 0 saturated carbocycles. The monoisotopic (exact) mass is 296 g/mol. The van der Waals surface area contributed by atoms with Crippen molar-refractivity contribution in [1.29, 1.82) is 0 Å². The van der Waals surface area contributed by atoms with Gasteiger partial charge in [0.05, 0.1) is 12.2 Å². The molecule has 2 rings (SSSR count). The Bertz CT molecular complexity index is 462. The zero-order valence-corrected chi connectivity index (χ0v) is 13.6. The zero-order chi connectivity index (χ0) is 14.8. The molecule has 0 aliphatic carbocycles. The Morgan fingerprint density at radius 3 is 2.80 bits per heavy atom. The van der Waals surface area contributed by atoms with Gasteiger partial charge in [0.1, 0.15) is 0 Å². The molecule has 1 aromatic rings. The minimum absolute atomic E-state index is 0.0968. The highest BCUT2D eigenvalue weighted by atomic mass is 35.5. The van der Waals surface area contributed by atoms with Gasteiger partial charge in [-0.3, -0.25) is 0 Å². The third-order valence-electron chi connectivity index (χ3n) is 3.75. The maximum Gasteiger partial charge on any atom is 0.0801 e. The maximum absolute atomic E-state index is 6.45. The summed E-state index contributed by atoms with van der Waals surface area (Å²) in [5.74, 6) is 0. The van der Waals surface area contributed by atoms with Crippen LogP contribution in [0.25, 0.3) is 0 Å². The van der Waals surface area contributed by atoms with Crippen LogP contribution in [-0.4, -0.2) is 31.8 Å². The molecule has 0 radical (unpaired) electrons. The lowest BCUT2D eigenvalue weighted by Gasteiger charge is -2.39. The van der Waals surface area contributed by atoms with E-state index in [9.17, 15) is 0 Å². The molecule has 20 heavy (non-hydrogen) atoms. The van der Waals surface area contributed by atoms with E-state index in [0.29, 0.717) is 0 Å². The predicted molar refractivity (Wildman–Crippen MR) is 85.8 cm³/mol. The Morgan fingerprint density at radius 2 is 2.20 bits per heavy atom. The molecule has 1 aliphatic heterocycles. The van der Waals surface area contributed by atoms with E-state index in [4.69, 9.17) is 16.3 Å². The normalized spacial score (nSPS) is 19.9. The van der Waals surface area contributed by atoms with Crippen LogP contribution in [0.4, 0.5) is 5.69 Å². The fourth-order valence-corrected chi connectivity index (χ4v) is 3.06. The van der Waals surface area contributed by atoms with Crippen LogP contribution in [0.1, 0.15) is 39.3 Å².